The molecule has 1 rings (SSSR count). The lowest BCUT2D eigenvalue weighted by atomic mass is 10.1. The van der Waals surface area contributed by atoms with E-state index in [2.05, 4.69) is 28.1 Å². The van der Waals surface area contributed by atoms with E-state index in [0.717, 1.165) is 11.1 Å². The molecule has 0 aromatic carbocycles. The Labute approximate surface area is 93.9 Å². The first-order valence-electron chi connectivity index (χ1n) is 4.27. The Hall–Kier alpha value is -1.38. The number of allylic oxidation sites excluding steroid dienone is 2. The van der Waals surface area contributed by atoms with Crippen molar-refractivity contribution < 1.29 is 4.63 Å². The minimum atomic E-state index is 0. The highest BCUT2D eigenvalue weighted by molar-refractivity contribution is 5.71. The van der Waals surface area contributed by atoms with Gasteiger partial charge in [-0.3, -0.25) is 0 Å². The Morgan fingerprint density at radius 3 is 1.40 bits per heavy atom. The van der Waals surface area contributed by atoms with Gasteiger partial charge < -0.3 is 0 Å². The summed E-state index contributed by atoms with van der Waals surface area (Å²) in [5.41, 5.74) is 3.06. The van der Waals surface area contributed by atoms with Crippen molar-refractivity contribution in [2.45, 2.75) is 42.5 Å². The second-order valence-electron chi connectivity index (χ2n) is 2.52. The maximum Gasteiger partial charge on any atom is 0.137 e. The molecule has 0 saturated carbocycles. The van der Waals surface area contributed by atoms with Crippen LogP contribution in [0.4, 0.5) is 0 Å². The van der Waals surface area contributed by atoms with Crippen molar-refractivity contribution in [3.8, 4) is 0 Å². The predicted molar refractivity (Wildman–Crippen MR) is 68.5 cm³/mol. The van der Waals surface area contributed by atoms with E-state index in [1.165, 1.54) is 0 Å². The zero-order valence-electron chi connectivity index (χ0n) is 8.72. The predicted octanol–water partition coefficient (Wildman–Crippen LogP) is 4.43. The van der Waals surface area contributed by atoms with Crippen LogP contribution >= 0.6 is 0 Å². The molecule has 3 heteroatoms. The van der Waals surface area contributed by atoms with E-state index in [-0.39, 0.29) is 14.9 Å². The highest BCUT2D eigenvalue weighted by Gasteiger charge is 2.09. The van der Waals surface area contributed by atoms with Crippen LogP contribution in [0.25, 0.3) is 11.1 Å². The van der Waals surface area contributed by atoms with Crippen molar-refractivity contribution in [1.29, 1.82) is 0 Å². The Morgan fingerprint density at radius 2 is 1.20 bits per heavy atom. The van der Waals surface area contributed by atoms with Crippen molar-refractivity contribution in [2.24, 2.45) is 0 Å². The molecule has 0 aliphatic heterocycles. The summed E-state index contributed by atoms with van der Waals surface area (Å²) in [4.78, 5) is 0. The summed E-state index contributed by atoms with van der Waals surface area (Å²) in [6.45, 7) is 15.2. The van der Waals surface area contributed by atoms with Gasteiger partial charge in [-0.05, 0) is 35.3 Å². The van der Waals surface area contributed by atoms with E-state index >= 15 is 0 Å². The summed E-state index contributed by atoms with van der Waals surface area (Å²) < 4.78 is 4.55. The lowest BCUT2D eigenvalue weighted by Crippen LogP contribution is -1.85. The quantitative estimate of drug-likeness (QED) is 0.727. The fourth-order valence-electron chi connectivity index (χ4n) is 0.749. The van der Waals surface area contributed by atoms with Crippen LogP contribution in [-0.4, -0.2) is 10.3 Å². The van der Waals surface area contributed by atoms with Crippen LogP contribution in [0.2, 0.25) is 0 Å². The highest BCUT2D eigenvalue weighted by Crippen LogP contribution is 2.18. The van der Waals surface area contributed by atoms with E-state index in [9.17, 15) is 0 Å². The van der Waals surface area contributed by atoms with Gasteiger partial charge in [-0.1, -0.05) is 41.9 Å². The molecule has 0 aliphatic rings. The molecule has 0 bridgehead atoms. The molecule has 0 saturated heterocycles. The Balaban J connectivity index is -0.000000339. The van der Waals surface area contributed by atoms with Gasteiger partial charge in [0.05, 0.1) is 0 Å². The maximum atomic E-state index is 4.55. The number of hydrogen-bond donors (Lipinski definition) is 0. The van der Waals surface area contributed by atoms with Crippen LogP contribution in [0.15, 0.2) is 17.8 Å². The van der Waals surface area contributed by atoms with Crippen LogP contribution in [0.3, 0.4) is 0 Å². The Morgan fingerprint density at radius 1 is 0.933 bits per heavy atom. The topological polar surface area (TPSA) is 38.9 Å². The summed E-state index contributed by atoms with van der Waals surface area (Å²) in [7, 11) is 0. The van der Waals surface area contributed by atoms with Gasteiger partial charge >= 0.3 is 0 Å². The number of rotatable bonds is 2. The first-order valence-corrected chi connectivity index (χ1v) is 4.27. The molecule has 1 aromatic heterocycles. The van der Waals surface area contributed by atoms with Crippen LogP contribution in [0.5, 0.6) is 0 Å². The lowest BCUT2D eigenvalue weighted by Gasteiger charge is -1.93. The summed E-state index contributed by atoms with van der Waals surface area (Å²) in [6, 6.07) is 0. The molecule has 88 valence electrons. The van der Waals surface area contributed by atoms with Crippen molar-refractivity contribution in [3.63, 3.8) is 0 Å². The van der Waals surface area contributed by atoms with Gasteiger partial charge in [-0.15, -0.1) is 0 Å². The van der Waals surface area contributed by atoms with Gasteiger partial charge in [-0.25, -0.2) is 4.63 Å². The standard InChI is InChI=1S/C8H10N2O.C2H6.2CH4/c1-5(2)7-8(6(3)4)10-11-9-7;1-2;;/h1,3H2,2,4H3;1-2H3;2*1H4. The van der Waals surface area contributed by atoms with E-state index in [1.54, 1.807) is 0 Å². The molecule has 0 radical (unpaired) electrons. The molecule has 0 atom stereocenters. The second kappa shape index (κ2) is 9.19. The monoisotopic (exact) mass is 212 g/mol. The molecule has 0 N–H and O–H groups in total. The fraction of sp³-hybridized carbons (Fsp3) is 0.500. The summed E-state index contributed by atoms with van der Waals surface area (Å²) in [5, 5.41) is 7.38. The minimum absolute atomic E-state index is 0. The van der Waals surface area contributed by atoms with E-state index in [0.29, 0.717) is 11.4 Å². The third-order valence-corrected chi connectivity index (χ3v) is 1.30. The van der Waals surface area contributed by atoms with E-state index in [1.807, 2.05) is 27.7 Å². The maximum absolute atomic E-state index is 4.55. The minimum Gasteiger partial charge on any atom is -0.243 e. The molecule has 0 spiro atoms. The van der Waals surface area contributed by atoms with Gasteiger partial charge in [0, 0.05) is 0 Å². The van der Waals surface area contributed by atoms with Crippen molar-refractivity contribution in [2.75, 3.05) is 0 Å². The first kappa shape index (κ1) is 19.2. The van der Waals surface area contributed by atoms with Crippen LogP contribution in [0, 0.1) is 0 Å². The summed E-state index contributed by atoms with van der Waals surface area (Å²) >= 11 is 0. The third-order valence-electron chi connectivity index (χ3n) is 1.30. The number of nitrogens with zero attached hydrogens (tertiary/aromatic N) is 2. The summed E-state index contributed by atoms with van der Waals surface area (Å²) in [6.07, 6.45) is 0. The van der Waals surface area contributed by atoms with Gasteiger partial charge in [0.1, 0.15) is 11.4 Å². The SMILES string of the molecule is C.C.C=C(C)c1nonc1C(=C)C.CC. The zero-order chi connectivity index (χ0) is 10.4. The molecular formula is C12H24N2O. The zero-order valence-corrected chi connectivity index (χ0v) is 8.72. The molecule has 0 amide bonds. The van der Waals surface area contributed by atoms with Crippen molar-refractivity contribution in [1.82, 2.24) is 10.3 Å². The van der Waals surface area contributed by atoms with Gasteiger partial charge in [0.2, 0.25) is 0 Å². The van der Waals surface area contributed by atoms with E-state index in [4.69, 9.17) is 0 Å². The van der Waals surface area contributed by atoms with Gasteiger partial charge in [-0.2, -0.15) is 0 Å². The normalized spacial score (nSPS) is 7.47. The summed E-state index contributed by atoms with van der Waals surface area (Å²) in [5.74, 6) is 0. The molecular weight excluding hydrogens is 188 g/mol. The Bertz CT molecular complexity index is 272. The second-order valence-corrected chi connectivity index (χ2v) is 2.52. The fourth-order valence-corrected chi connectivity index (χ4v) is 0.749. The van der Waals surface area contributed by atoms with Gasteiger partial charge in [0.15, 0.2) is 0 Å². The molecule has 15 heavy (non-hydrogen) atoms. The van der Waals surface area contributed by atoms with E-state index < -0.39 is 0 Å². The van der Waals surface area contributed by atoms with Crippen molar-refractivity contribution in [3.05, 3.63) is 24.5 Å². The molecule has 0 unspecified atom stereocenters. The number of aromatic nitrogens is 2. The van der Waals surface area contributed by atoms with Crippen LogP contribution < -0.4 is 0 Å². The average Bonchev–Trinajstić information content (AvgIpc) is 2.55. The molecule has 1 aromatic rings. The molecule has 3 nitrogen and oxygen atoms in total. The van der Waals surface area contributed by atoms with Gasteiger partial charge in [0.25, 0.3) is 0 Å². The van der Waals surface area contributed by atoms with Crippen molar-refractivity contribution >= 4 is 11.1 Å². The first-order chi connectivity index (χ1) is 6.13. The highest BCUT2D eigenvalue weighted by atomic mass is 16.6. The largest absolute Gasteiger partial charge is 0.243 e. The number of hydrogen-bond acceptors (Lipinski definition) is 3. The molecule has 1 heterocycles. The Kier molecular flexibility index (Phi) is 11.8. The molecule has 0 aliphatic carbocycles. The average molecular weight is 212 g/mol. The van der Waals surface area contributed by atoms with Crippen LogP contribution in [-0.2, 0) is 0 Å². The smallest absolute Gasteiger partial charge is 0.137 e. The van der Waals surface area contributed by atoms with Crippen LogP contribution in [0.1, 0.15) is 53.9 Å². The lowest BCUT2D eigenvalue weighted by molar-refractivity contribution is 0.305. The third kappa shape index (κ3) is 5.15. The molecule has 0 fully saturated rings.